The van der Waals surface area contributed by atoms with Gasteiger partial charge < -0.3 is 25.0 Å². The first-order valence-corrected chi connectivity index (χ1v) is 10.4. The van der Waals surface area contributed by atoms with Crippen LogP contribution in [0, 0.1) is 5.92 Å². The Labute approximate surface area is 167 Å². The van der Waals surface area contributed by atoms with Gasteiger partial charge in [-0.05, 0) is 18.8 Å². The number of nitrogens with zero attached hydrogens (tertiary/aromatic N) is 3. The Kier molecular flexibility index (Phi) is 6.50. The molecule has 0 aliphatic carbocycles. The molecule has 28 heavy (non-hydrogen) atoms. The maximum absolute atomic E-state index is 12.9. The van der Waals surface area contributed by atoms with Crippen molar-refractivity contribution in [2.45, 2.75) is 38.8 Å². The highest BCUT2D eigenvalue weighted by molar-refractivity contribution is 7.13. The van der Waals surface area contributed by atoms with Gasteiger partial charge in [0.15, 0.2) is 5.13 Å². The predicted octanol–water partition coefficient (Wildman–Crippen LogP) is 0.810. The second-order valence-corrected chi connectivity index (χ2v) is 8.17. The lowest BCUT2D eigenvalue weighted by molar-refractivity contribution is -0.149. The number of hydrogen-bond donors (Lipinski definition) is 2. The molecule has 2 atom stereocenters. The van der Waals surface area contributed by atoms with Crippen LogP contribution in [0.5, 0.6) is 0 Å². The van der Waals surface area contributed by atoms with Crippen LogP contribution in [0.15, 0.2) is 5.38 Å². The van der Waals surface area contributed by atoms with Crippen molar-refractivity contribution in [3.63, 3.8) is 0 Å². The van der Waals surface area contributed by atoms with Crippen molar-refractivity contribution in [1.29, 1.82) is 0 Å². The summed E-state index contributed by atoms with van der Waals surface area (Å²) in [6.07, 6.45) is 1.09. The molecule has 3 rings (SSSR count). The third-order valence-corrected chi connectivity index (χ3v) is 5.95. The van der Waals surface area contributed by atoms with Crippen molar-refractivity contribution in [2.75, 3.05) is 37.7 Å². The molecule has 1 aromatic rings. The Bertz CT molecular complexity index is 731. The van der Waals surface area contributed by atoms with E-state index in [-0.39, 0.29) is 17.5 Å². The first kappa shape index (κ1) is 20.5. The van der Waals surface area contributed by atoms with E-state index in [2.05, 4.69) is 15.2 Å². The Morgan fingerprint density at radius 3 is 2.64 bits per heavy atom. The van der Waals surface area contributed by atoms with E-state index < -0.39 is 24.0 Å². The molecule has 0 saturated carbocycles. The summed E-state index contributed by atoms with van der Waals surface area (Å²) in [6.45, 7) is 6.77. The average molecular weight is 410 g/mol. The molecule has 9 nitrogen and oxygen atoms in total. The van der Waals surface area contributed by atoms with Gasteiger partial charge in [-0.3, -0.25) is 9.59 Å². The quantitative estimate of drug-likeness (QED) is 0.714. The fraction of sp³-hybridized carbons (Fsp3) is 0.667. The smallest absolute Gasteiger partial charge is 0.326 e. The number of carboxylic acids is 1. The Balaban J connectivity index is 1.68. The van der Waals surface area contributed by atoms with E-state index in [4.69, 9.17) is 4.74 Å². The number of morpholine rings is 1. The molecule has 10 heteroatoms. The Morgan fingerprint density at radius 2 is 2.00 bits per heavy atom. The number of hydrogen-bond acceptors (Lipinski definition) is 7. The number of rotatable bonds is 6. The summed E-state index contributed by atoms with van der Waals surface area (Å²) in [5.41, 5.74) is 0.265. The van der Waals surface area contributed by atoms with Gasteiger partial charge >= 0.3 is 5.97 Å². The first-order valence-electron chi connectivity index (χ1n) is 9.51. The lowest BCUT2D eigenvalue weighted by Crippen LogP contribution is -2.53. The summed E-state index contributed by atoms with van der Waals surface area (Å²) in [4.78, 5) is 44.9. The van der Waals surface area contributed by atoms with Crippen LogP contribution in [0.4, 0.5) is 5.13 Å². The highest BCUT2D eigenvalue weighted by Crippen LogP contribution is 2.23. The van der Waals surface area contributed by atoms with Gasteiger partial charge in [0.25, 0.3) is 5.91 Å². The van der Waals surface area contributed by atoms with Gasteiger partial charge in [0, 0.05) is 25.0 Å². The van der Waals surface area contributed by atoms with E-state index >= 15 is 0 Å². The molecule has 2 saturated heterocycles. The molecular weight excluding hydrogens is 384 g/mol. The maximum Gasteiger partial charge on any atom is 0.326 e. The first-order chi connectivity index (χ1) is 13.4. The van der Waals surface area contributed by atoms with Crippen molar-refractivity contribution in [1.82, 2.24) is 15.2 Å². The number of aromatic nitrogens is 1. The highest BCUT2D eigenvalue weighted by atomic mass is 32.1. The number of carbonyl (C=O) groups excluding carboxylic acids is 2. The number of carbonyl (C=O) groups is 3. The average Bonchev–Trinajstić information content (AvgIpc) is 3.35. The summed E-state index contributed by atoms with van der Waals surface area (Å²) in [6, 6.07) is -1.61. The van der Waals surface area contributed by atoms with Crippen LogP contribution in [-0.2, 0) is 14.3 Å². The SMILES string of the molecule is CC(C)C(NC(=O)c1csc(N2CCOCC2)n1)C(=O)N1CCC[C@H]1C(=O)O. The van der Waals surface area contributed by atoms with Crippen molar-refractivity contribution in [2.24, 2.45) is 5.92 Å². The number of ether oxygens (including phenoxy) is 1. The number of likely N-dealkylation sites (tertiary alicyclic amines) is 1. The predicted molar refractivity (Wildman–Crippen MR) is 104 cm³/mol. The van der Waals surface area contributed by atoms with E-state index in [1.54, 1.807) is 5.38 Å². The molecule has 1 aromatic heterocycles. The molecule has 154 valence electrons. The summed E-state index contributed by atoms with van der Waals surface area (Å²) >= 11 is 1.38. The molecular formula is C18H26N4O5S. The van der Waals surface area contributed by atoms with Crippen LogP contribution in [0.25, 0.3) is 0 Å². The molecule has 2 amide bonds. The minimum atomic E-state index is -1.01. The largest absolute Gasteiger partial charge is 0.480 e. The van der Waals surface area contributed by atoms with Gasteiger partial charge in [0.2, 0.25) is 5.91 Å². The van der Waals surface area contributed by atoms with Crippen LogP contribution in [0.3, 0.4) is 0 Å². The van der Waals surface area contributed by atoms with Crippen molar-refractivity contribution >= 4 is 34.3 Å². The van der Waals surface area contributed by atoms with Gasteiger partial charge in [0.05, 0.1) is 13.2 Å². The van der Waals surface area contributed by atoms with E-state index in [0.29, 0.717) is 32.6 Å². The zero-order valence-electron chi connectivity index (χ0n) is 16.1. The fourth-order valence-corrected chi connectivity index (χ4v) is 4.32. The van der Waals surface area contributed by atoms with Crippen LogP contribution >= 0.6 is 11.3 Å². The van der Waals surface area contributed by atoms with Crippen LogP contribution < -0.4 is 10.2 Å². The minimum absolute atomic E-state index is 0.177. The van der Waals surface area contributed by atoms with Gasteiger partial charge in [-0.2, -0.15) is 0 Å². The molecule has 1 unspecified atom stereocenters. The van der Waals surface area contributed by atoms with Crippen LogP contribution in [0.2, 0.25) is 0 Å². The van der Waals surface area contributed by atoms with E-state index in [1.165, 1.54) is 16.2 Å². The summed E-state index contributed by atoms with van der Waals surface area (Å²) in [5.74, 6) is -1.95. The number of aliphatic carboxylic acids is 1. The standard InChI is InChI=1S/C18H26N4O5S/c1-11(2)14(16(24)22-5-3-4-13(22)17(25)26)20-15(23)12-10-28-18(19-12)21-6-8-27-9-7-21/h10-11,13-14H,3-9H2,1-2H3,(H,20,23)(H,25,26)/t13-,14?/m0/s1. The summed E-state index contributed by atoms with van der Waals surface area (Å²) < 4.78 is 5.33. The number of amides is 2. The van der Waals surface area contributed by atoms with E-state index in [9.17, 15) is 19.5 Å². The topological polar surface area (TPSA) is 112 Å². The molecule has 0 spiro atoms. The minimum Gasteiger partial charge on any atom is -0.480 e. The molecule has 2 aliphatic heterocycles. The molecule has 0 bridgehead atoms. The maximum atomic E-state index is 12.9. The van der Waals surface area contributed by atoms with Crippen molar-refractivity contribution in [3.05, 3.63) is 11.1 Å². The monoisotopic (exact) mass is 410 g/mol. The normalized spacial score (nSPS) is 21.0. The highest BCUT2D eigenvalue weighted by Gasteiger charge is 2.38. The van der Waals surface area contributed by atoms with Crippen molar-refractivity contribution in [3.8, 4) is 0 Å². The van der Waals surface area contributed by atoms with Gasteiger partial charge in [-0.15, -0.1) is 11.3 Å². The number of anilines is 1. The molecule has 0 radical (unpaired) electrons. The summed E-state index contributed by atoms with van der Waals surface area (Å²) in [5, 5.41) is 14.5. The Hall–Kier alpha value is -2.20. The van der Waals surface area contributed by atoms with Crippen LogP contribution in [-0.4, -0.2) is 77.7 Å². The van der Waals surface area contributed by atoms with Gasteiger partial charge in [-0.1, -0.05) is 13.8 Å². The van der Waals surface area contributed by atoms with E-state index in [1.807, 2.05) is 13.8 Å². The third-order valence-electron chi connectivity index (χ3n) is 5.05. The number of thiazole rings is 1. The third kappa shape index (κ3) is 4.44. The fourth-order valence-electron chi connectivity index (χ4n) is 3.46. The Morgan fingerprint density at radius 1 is 1.29 bits per heavy atom. The van der Waals surface area contributed by atoms with E-state index in [0.717, 1.165) is 18.2 Å². The molecule has 3 heterocycles. The molecule has 0 aromatic carbocycles. The molecule has 2 fully saturated rings. The molecule has 2 N–H and O–H groups in total. The zero-order valence-corrected chi connectivity index (χ0v) is 16.9. The zero-order chi connectivity index (χ0) is 20.3. The van der Waals surface area contributed by atoms with Gasteiger partial charge in [0.1, 0.15) is 17.8 Å². The van der Waals surface area contributed by atoms with Gasteiger partial charge in [-0.25, -0.2) is 9.78 Å². The van der Waals surface area contributed by atoms with Crippen molar-refractivity contribution < 1.29 is 24.2 Å². The lowest BCUT2D eigenvalue weighted by atomic mass is 10.0. The lowest BCUT2D eigenvalue weighted by Gasteiger charge is -2.29. The second kappa shape index (κ2) is 8.87. The number of carboxylic acid groups (broad SMARTS) is 1. The molecule has 2 aliphatic rings. The van der Waals surface area contributed by atoms with Crippen LogP contribution in [0.1, 0.15) is 37.2 Å². The second-order valence-electron chi connectivity index (χ2n) is 7.34. The number of nitrogens with one attached hydrogen (secondary N) is 1. The summed E-state index contributed by atoms with van der Waals surface area (Å²) in [7, 11) is 0.